The fraction of sp³-hybridized carbons (Fsp3) is 0.698. The van der Waals surface area contributed by atoms with E-state index < -0.39 is 6.10 Å². The van der Waals surface area contributed by atoms with E-state index in [1.807, 2.05) is 0 Å². The van der Waals surface area contributed by atoms with Crippen molar-refractivity contribution in [2.24, 2.45) is 0 Å². The summed E-state index contributed by atoms with van der Waals surface area (Å²) in [7, 11) is 0. The smallest absolute Gasteiger partial charge is 0.306 e. The van der Waals surface area contributed by atoms with Gasteiger partial charge in [-0.1, -0.05) is 214 Å². The number of hydrogen-bond acceptors (Lipinski definition) is 6. The Kier molecular flexibility index (Phi) is 53.9. The van der Waals surface area contributed by atoms with Gasteiger partial charge in [0.2, 0.25) is 0 Å². The number of carbonyl (C=O) groups is 3. The number of ether oxygens (including phenoxy) is 3. The highest BCUT2D eigenvalue weighted by atomic mass is 16.6. The normalized spacial score (nSPS) is 12.8. The van der Waals surface area contributed by atoms with E-state index in [4.69, 9.17) is 14.2 Å². The molecule has 0 fully saturated rings. The lowest BCUT2D eigenvalue weighted by molar-refractivity contribution is -0.167. The Morgan fingerprint density at radius 1 is 0.290 bits per heavy atom. The van der Waals surface area contributed by atoms with Gasteiger partial charge in [0, 0.05) is 19.3 Å². The molecule has 0 heterocycles. The maximum absolute atomic E-state index is 12.9. The van der Waals surface area contributed by atoms with Crippen molar-refractivity contribution in [3.05, 3.63) is 97.2 Å². The molecule has 0 unspecified atom stereocenters. The molecule has 0 bridgehead atoms. The molecule has 0 spiro atoms. The van der Waals surface area contributed by atoms with Crippen molar-refractivity contribution < 1.29 is 28.6 Å². The van der Waals surface area contributed by atoms with Gasteiger partial charge in [0.15, 0.2) is 6.10 Å². The molecule has 0 aliphatic rings. The number of unbranched alkanes of at least 4 members (excludes halogenated alkanes) is 24. The van der Waals surface area contributed by atoms with E-state index in [-0.39, 0.29) is 37.5 Å². The van der Waals surface area contributed by atoms with Crippen LogP contribution in [0.4, 0.5) is 0 Å². The second-order valence-corrected chi connectivity index (χ2v) is 18.8. The molecule has 1 atom stereocenters. The molecule has 69 heavy (non-hydrogen) atoms. The van der Waals surface area contributed by atoms with Crippen LogP contribution in [-0.4, -0.2) is 37.2 Å². The summed E-state index contributed by atoms with van der Waals surface area (Å²) in [6.07, 6.45) is 75.3. The maximum Gasteiger partial charge on any atom is 0.306 e. The van der Waals surface area contributed by atoms with Crippen molar-refractivity contribution in [2.75, 3.05) is 13.2 Å². The molecule has 0 aliphatic carbocycles. The van der Waals surface area contributed by atoms with E-state index in [0.29, 0.717) is 12.8 Å². The van der Waals surface area contributed by atoms with E-state index >= 15 is 0 Å². The molecule has 6 heteroatoms. The van der Waals surface area contributed by atoms with Gasteiger partial charge in [-0.25, -0.2) is 0 Å². The minimum Gasteiger partial charge on any atom is -0.462 e. The minimum absolute atomic E-state index is 0.101. The number of rotatable bonds is 51. The molecule has 6 nitrogen and oxygen atoms in total. The largest absolute Gasteiger partial charge is 0.462 e. The Morgan fingerprint density at radius 3 is 0.870 bits per heavy atom. The zero-order chi connectivity index (χ0) is 50.0. The molecule has 394 valence electrons. The van der Waals surface area contributed by atoms with Gasteiger partial charge in [-0.15, -0.1) is 0 Å². The van der Waals surface area contributed by atoms with Crippen molar-refractivity contribution in [1.82, 2.24) is 0 Å². The van der Waals surface area contributed by atoms with Crippen LogP contribution in [0.5, 0.6) is 0 Å². The lowest BCUT2D eigenvalue weighted by Gasteiger charge is -2.18. The molecule has 0 aliphatic heterocycles. The Morgan fingerprint density at radius 2 is 0.522 bits per heavy atom. The van der Waals surface area contributed by atoms with Crippen LogP contribution in [0, 0.1) is 0 Å². The van der Waals surface area contributed by atoms with Crippen LogP contribution in [0.25, 0.3) is 0 Å². The first kappa shape index (κ1) is 65.3. The third-order valence-corrected chi connectivity index (χ3v) is 12.0. The summed E-state index contributed by atoms with van der Waals surface area (Å²) in [6.45, 7) is 6.53. The first-order valence-electron chi connectivity index (χ1n) is 28.7. The van der Waals surface area contributed by atoms with Crippen LogP contribution >= 0.6 is 0 Å². The van der Waals surface area contributed by atoms with Gasteiger partial charge in [-0.3, -0.25) is 14.4 Å². The quantitative estimate of drug-likeness (QED) is 0.0262. The minimum atomic E-state index is -0.807. The van der Waals surface area contributed by atoms with Crippen LogP contribution < -0.4 is 0 Å². The van der Waals surface area contributed by atoms with Crippen LogP contribution in [0.3, 0.4) is 0 Å². The average molecular weight is 960 g/mol. The molecule has 0 N–H and O–H groups in total. The zero-order valence-corrected chi connectivity index (χ0v) is 45.0. The van der Waals surface area contributed by atoms with E-state index in [1.165, 1.54) is 116 Å². The standard InChI is InChI=1S/C63H106O6/c1-4-7-10-13-16-19-22-25-28-30-31-33-36-39-42-45-48-51-54-57-63(66)69-60(58-67-61(64)55-52-49-46-43-40-37-34-27-24-21-18-15-12-9-6-3)59-68-62(65)56-53-50-47-44-41-38-35-32-29-26-23-20-17-14-11-8-5-2/h16-17,19-21,24-26,28-29,31,33,35,38-39,42,60H,4-15,18,22-23,27,30,32,34,36-37,40-41,43-59H2,1-3H3/b19-16-,20-17-,24-21-,28-25-,29-26-,33-31-,38-35-,42-39-/t60-/m0/s1. The molecular weight excluding hydrogens is 853 g/mol. The number of esters is 3. The number of carbonyl (C=O) groups excluding carboxylic acids is 3. The lowest BCUT2D eigenvalue weighted by Crippen LogP contribution is -2.30. The van der Waals surface area contributed by atoms with Gasteiger partial charge in [-0.05, 0) is 128 Å². The SMILES string of the molecule is CCCCC/C=C\C/C=C\C/C=C\C/C=C\CCCCCC(=O)O[C@H](COC(=O)CCCCCC/C=C\C/C=C\C/C=C\CCCCC)COC(=O)CCCCCCCCC/C=C\CCCCCC. The molecule has 0 rings (SSSR count). The second kappa shape index (κ2) is 56.9. The van der Waals surface area contributed by atoms with Gasteiger partial charge in [0.25, 0.3) is 0 Å². The first-order chi connectivity index (χ1) is 34.0. The third kappa shape index (κ3) is 55.1. The van der Waals surface area contributed by atoms with Crippen molar-refractivity contribution in [2.45, 2.75) is 271 Å². The molecule has 0 amide bonds. The van der Waals surface area contributed by atoms with Gasteiger partial charge < -0.3 is 14.2 Å². The van der Waals surface area contributed by atoms with E-state index in [0.717, 1.165) is 109 Å². The van der Waals surface area contributed by atoms with Gasteiger partial charge in [0.1, 0.15) is 13.2 Å². The molecular formula is C63H106O6. The molecule has 0 aromatic carbocycles. The van der Waals surface area contributed by atoms with Crippen LogP contribution in [0.2, 0.25) is 0 Å². The highest BCUT2D eigenvalue weighted by Gasteiger charge is 2.19. The van der Waals surface area contributed by atoms with Crippen molar-refractivity contribution >= 4 is 17.9 Å². The molecule has 0 aromatic rings. The summed E-state index contributed by atoms with van der Waals surface area (Å²) < 4.78 is 16.8. The van der Waals surface area contributed by atoms with Crippen molar-refractivity contribution in [3.8, 4) is 0 Å². The molecule has 0 aromatic heterocycles. The lowest BCUT2D eigenvalue weighted by atomic mass is 10.1. The molecule has 0 radical (unpaired) electrons. The summed E-state index contributed by atoms with van der Waals surface area (Å²) in [5, 5.41) is 0. The average Bonchev–Trinajstić information content (AvgIpc) is 3.35. The predicted molar refractivity (Wildman–Crippen MR) is 297 cm³/mol. The zero-order valence-electron chi connectivity index (χ0n) is 45.0. The van der Waals surface area contributed by atoms with E-state index in [9.17, 15) is 14.4 Å². The molecule has 0 saturated carbocycles. The Hall–Kier alpha value is -3.67. The summed E-state index contributed by atoms with van der Waals surface area (Å²) in [5.74, 6) is -0.956. The fourth-order valence-electron chi connectivity index (χ4n) is 7.66. The second-order valence-electron chi connectivity index (χ2n) is 18.8. The highest BCUT2D eigenvalue weighted by molar-refractivity contribution is 5.71. The maximum atomic E-state index is 12.9. The Balaban J connectivity index is 4.51. The summed E-state index contributed by atoms with van der Waals surface area (Å²) >= 11 is 0. The first-order valence-corrected chi connectivity index (χ1v) is 28.7. The van der Waals surface area contributed by atoms with Crippen LogP contribution in [0.15, 0.2) is 97.2 Å². The van der Waals surface area contributed by atoms with Gasteiger partial charge in [-0.2, -0.15) is 0 Å². The monoisotopic (exact) mass is 959 g/mol. The summed E-state index contributed by atoms with van der Waals surface area (Å²) in [4.78, 5) is 38.2. The number of allylic oxidation sites excluding steroid dienone is 16. The highest BCUT2D eigenvalue weighted by Crippen LogP contribution is 2.14. The summed E-state index contributed by atoms with van der Waals surface area (Å²) in [5.41, 5.74) is 0. The van der Waals surface area contributed by atoms with Crippen molar-refractivity contribution in [1.29, 1.82) is 0 Å². The van der Waals surface area contributed by atoms with Crippen LogP contribution in [0.1, 0.15) is 265 Å². The fourth-order valence-corrected chi connectivity index (χ4v) is 7.66. The van der Waals surface area contributed by atoms with Crippen LogP contribution in [-0.2, 0) is 28.6 Å². The summed E-state index contributed by atoms with van der Waals surface area (Å²) in [6, 6.07) is 0. The molecule has 0 saturated heterocycles. The Bertz CT molecular complexity index is 1380. The third-order valence-electron chi connectivity index (χ3n) is 12.0. The van der Waals surface area contributed by atoms with Crippen molar-refractivity contribution in [3.63, 3.8) is 0 Å². The van der Waals surface area contributed by atoms with E-state index in [2.05, 4.69) is 118 Å². The van der Waals surface area contributed by atoms with Gasteiger partial charge in [0.05, 0.1) is 0 Å². The predicted octanol–water partition coefficient (Wildman–Crippen LogP) is 19.3. The van der Waals surface area contributed by atoms with Gasteiger partial charge >= 0.3 is 17.9 Å². The van der Waals surface area contributed by atoms with E-state index in [1.54, 1.807) is 0 Å². The Labute approximate surface area is 426 Å². The number of hydrogen-bond donors (Lipinski definition) is 0. The topological polar surface area (TPSA) is 78.9 Å².